The topological polar surface area (TPSA) is 65.5 Å². The molecule has 1 aliphatic heterocycles. The number of nitrogens with zero attached hydrogens (tertiary/aromatic N) is 1. The molecule has 2 unspecified atom stereocenters. The van der Waals surface area contributed by atoms with Crippen LogP contribution in [0.2, 0.25) is 5.02 Å². The molecule has 8 heteroatoms. The van der Waals surface area contributed by atoms with E-state index in [-0.39, 0.29) is 40.1 Å². The molecule has 1 fully saturated rings. The van der Waals surface area contributed by atoms with Crippen LogP contribution in [0, 0.1) is 11.2 Å². The number of guanidine groups is 1. The van der Waals surface area contributed by atoms with Crippen molar-refractivity contribution in [3.63, 3.8) is 0 Å². The van der Waals surface area contributed by atoms with Gasteiger partial charge in [-0.1, -0.05) is 37.9 Å². The highest BCUT2D eigenvalue weighted by atomic mass is 35.5. The van der Waals surface area contributed by atoms with Crippen molar-refractivity contribution >= 4 is 29.2 Å². The lowest BCUT2D eigenvalue weighted by atomic mass is 9.75. The van der Waals surface area contributed by atoms with Gasteiger partial charge in [0, 0.05) is 12.5 Å². The molecule has 2 atom stereocenters. The molecule has 160 valence electrons. The first-order valence-corrected chi connectivity index (χ1v) is 10.6. The summed E-state index contributed by atoms with van der Waals surface area (Å²) < 4.78 is 28.7. The van der Waals surface area contributed by atoms with Crippen LogP contribution in [0.3, 0.4) is 0 Å². The third-order valence-electron chi connectivity index (χ3n) is 5.87. The van der Waals surface area contributed by atoms with Crippen molar-refractivity contribution in [3.8, 4) is 0 Å². The number of benzene rings is 1. The van der Waals surface area contributed by atoms with Gasteiger partial charge in [0.15, 0.2) is 0 Å². The summed E-state index contributed by atoms with van der Waals surface area (Å²) in [5, 5.41) is 9.03. The second kappa shape index (κ2) is 8.02. The molecule has 1 saturated carbocycles. The van der Waals surface area contributed by atoms with E-state index >= 15 is 0 Å². The Bertz CT molecular complexity index is 950. The smallest absolute Gasteiger partial charge is 0.254 e. The minimum Gasteiger partial charge on any atom is -0.349 e. The minimum absolute atomic E-state index is 0.00440. The Morgan fingerprint density at radius 1 is 1.33 bits per heavy atom. The molecule has 0 aromatic heterocycles. The van der Waals surface area contributed by atoms with Crippen LogP contribution < -0.4 is 16.0 Å². The zero-order valence-corrected chi connectivity index (χ0v) is 17.7. The van der Waals surface area contributed by atoms with Gasteiger partial charge >= 0.3 is 0 Å². The molecule has 30 heavy (non-hydrogen) atoms. The number of anilines is 1. The maximum absolute atomic E-state index is 14.7. The molecule has 1 aromatic carbocycles. The number of rotatable bonds is 3. The fourth-order valence-corrected chi connectivity index (χ4v) is 4.57. The summed E-state index contributed by atoms with van der Waals surface area (Å²) in [6.45, 7) is 4.38. The molecule has 0 radical (unpaired) electrons. The van der Waals surface area contributed by atoms with Crippen LogP contribution in [-0.2, 0) is 4.79 Å². The number of hydrogen-bond donors (Lipinski definition) is 3. The lowest BCUT2D eigenvalue weighted by molar-refractivity contribution is -0.118. The van der Waals surface area contributed by atoms with Crippen molar-refractivity contribution in [1.82, 2.24) is 10.6 Å². The lowest BCUT2D eigenvalue weighted by Crippen LogP contribution is -2.42. The van der Waals surface area contributed by atoms with Crippen molar-refractivity contribution in [2.24, 2.45) is 10.4 Å². The Labute approximate surface area is 179 Å². The molecule has 1 heterocycles. The van der Waals surface area contributed by atoms with Gasteiger partial charge in [-0.2, -0.15) is 0 Å². The van der Waals surface area contributed by atoms with Crippen molar-refractivity contribution < 1.29 is 13.6 Å². The Kier molecular flexibility index (Phi) is 5.57. The summed E-state index contributed by atoms with van der Waals surface area (Å²) in [6, 6.07) is 3.98. The summed E-state index contributed by atoms with van der Waals surface area (Å²) >= 11 is 6.04. The number of carbonyl (C=O) groups excluding carboxylic acids is 1. The van der Waals surface area contributed by atoms with Crippen molar-refractivity contribution in [3.05, 3.63) is 52.2 Å². The van der Waals surface area contributed by atoms with Crippen molar-refractivity contribution in [2.45, 2.75) is 58.0 Å². The van der Waals surface area contributed by atoms with Gasteiger partial charge in [-0.15, -0.1) is 0 Å². The monoisotopic (exact) mass is 434 g/mol. The average molecular weight is 435 g/mol. The van der Waals surface area contributed by atoms with E-state index in [1.54, 1.807) is 6.07 Å². The maximum Gasteiger partial charge on any atom is 0.254 e. The van der Waals surface area contributed by atoms with Crippen LogP contribution in [0.25, 0.3) is 0 Å². The molecule has 1 amide bonds. The third kappa shape index (κ3) is 4.36. The van der Waals surface area contributed by atoms with Gasteiger partial charge in [0.05, 0.1) is 28.0 Å². The highest BCUT2D eigenvalue weighted by Crippen LogP contribution is 2.36. The van der Waals surface area contributed by atoms with Gasteiger partial charge in [-0.25, -0.2) is 13.8 Å². The molecule has 4 rings (SSSR count). The molecule has 1 aromatic rings. The lowest BCUT2D eigenvalue weighted by Gasteiger charge is -2.35. The number of para-hydroxylation sites is 1. The van der Waals surface area contributed by atoms with Gasteiger partial charge in [0.1, 0.15) is 11.6 Å². The molecule has 2 aliphatic carbocycles. The van der Waals surface area contributed by atoms with Gasteiger partial charge in [0.2, 0.25) is 5.96 Å². The summed E-state index contributed by atoms with van der Waals surface area (Å²) in [5.74, 6) is -1.14. The molecular weight excluding hydrogens is 410 g/mol. The normalized spacial score (nSPS) is 25.1. The fraction of sp³-hybridized carbons (Fsp3) is 0.455. The zero-order chi connectivity index (χ0) is 21.5. The predicted molar refractivity (Wildman–Crippen MR) is 114 cm³/mol. The minimum atomic E-state index is -0.518. The van der Waals surface area contributed by atoms with Gasteiger partial charge in [-0.05, 0) is 42.9 Å². The number of carbonyl (C=O) groups is 1. The van der Waals surface area contributed by atoms with Crippen LogP contribution in [0.1, 0.15) is 46.0 Å². The Balaban J connectivity index is 1.48. The van der Waals surface area contributed by atoms with Gasteiger partial charge < -0.3 is 16.0 Å². The first-order chi connectivity index (χ1) is 14.2. The van der Waals surface area contributed by atoms with E-state index in [9.17, 15) is 13.6 Å². The number of hydrogen-bond acceptors (Lipinski definition) is 4. The molecule has 0 bridgehead atoms. The van der Waals surface area contributed by atoms with E-state index in [0.29, 0.717) is 5.70 Å². The quantitative estimate of drug-likeness (QED) is 0.639. The van der Waals surface area contributed by atoms with Crippen LogP contribution >= 0.6 is 11.6 Å². The Morgan fingerprint density at radius 2 is 2.13 bits per heavy atom. The number of fused-ring (bicyclic) bond motifs is 1. The predicted octanol–water partition coefficient (Wildman–Crippen LogP) is 4.82. The molecular formula is C22H25ClF2N4O. The van der Waals surface area contributed by atoms with E-state index in [1.807, 2.05) is 0 Å². The first kappa shape index (κ1) is 20.8. The van der Waals surface area contributed by atoms with E-state index in [4.69, 9.17) is 11.6 Å². The zero-order valence-electron chi connectivity index (χ0n) is 17.0. The summed E-state index contributed by atoms with van der Waals surface area (Å²) in [4.78, 5) is 17.1. The first-order valence-electron chi connectivity index (χ1n) is 10.2. The average Bonchev–Trinajstić information content (AvgIpc) is 3.04. The van der Waals surface area contributed by atoms with E-state index in [2.05, 4.69) is 34.8 Å². The van der Waals surface area contributed by atoms with E-state index in [0.717, 1.165) is 25.7 Å². The Hall–Kier alpha value is -2.41. The van der Waals surface area contributed by atoms with Crippen molar-refractivity contribution in [2.75, 3.05) is 5.32 Å². The van der Waals surface area contributed by atoms with Gasteiger partial charge in [-0.3, -0.25) is 4.79 Å². The summed E-state index contributed by atoms with van der Waals surface area (Å²) in [6.07, 6.45) is 5.43. The highest BCUT2D eigenvalue weighted by Gasteiger charge is 2.34. The second-order valence-corrected chi connectivity index (χ2v) is 9.31. The second-order valence-electron chi connectivity index (χ2n) is 8.90. The van der Waals surface area contributed by atoms with Crippen LogP contribution in [-0.4, -0.2) is 24.0 Å². The maximum atomic E-state index is 14.7. The number of aliphatic imine (C=N–C) groups is 1. The standard InChI is InChI=1S/C22H25ClF2N4O/c1-22(2)8-4-5-12(11-22)26-20(30)13-9-17-18(10-16(13)25)28-21(27-17)29-19-14(23)6-3-7-15(19)24/h3,6-7,9,12,18H,4-5,8,10-11H2,1-2H3,(H,26,30)(H2,27,28,29). The van der Waals surface area contributed by atoms with E-state index < -0.39 is 23.6 Å². The SMILES string of the molecule is CC1(C)CCCC(NC(=O)C2=C(F)CC3NC(Nc4c(F)cccc4Cl)=NC3=C2)C1. The van der Waals surface area contributed by atoms with Crippen LogP contribution in [0.15, 0.2) is 46.4 Å². The third-order valence-corrected chi connectivity index (χ3v) is 6.18. The molecule has 0 spiro atoms. The number of amides is 1. The van der Waals surface area contributed by atoms with E-state index in [1.165, 1.54) is 18.2 Å². The molecule has 5 nitrogen and oxygen atoms in total. The summed E-state index contributed by atoms with van der Waals surface area (Å²) in [5.41, 5.74) is 0.810. The Morgan fingerprint density at radius 3 is 2.87 bits per heavy atom. The largest absolute Gasteiger partial charge is 0.349 e. The highest BCUT2D eigenvalue weighted by molar-refractivity contribution is 6.33. The van der Waals surface area contributed by atoms with Crippen LogP contribution in [0.4, 0.5) is 14.5 Å². The molecule has 3 N–H and O–H groups in total. The number of halogens is 3. The fourth-order valence-electron chi connectivity index (χ4n) is 4.36. The molecule has 3 aliphatic rings. The van der Waals surface area contributed by atoms with Crippen molar-refractivity contribution in [1.29, 1.82) is 0 Å². The number of nitrogens with one attached hydrogen (secondary N) is 3. The summed E-state index contributed by atoms with van der Waals surface area (Å²) in [7, 11) is 0. The van der Waals surface area contributed by atoms with Gasteiger partial charge in [0.25, 0.3) is 5.91 Å². The van der Waals surface area contributed by atoms with Crippen LogP contribution in [0.5, 0.6) is 0 Å². The molecule has 0 saturated heterocycles.